The number of esters is 1. The Balaban J connectivity index is 2.72. The number of carbonyl (C=O) groups excluding carboxylic acids is 1. The molecule has 0 aliphatic carbocycles. The van der Waals surface area contributed by atoms with E-state index in [1.807, 2.05) is 0 Å². The smallest absolute Gasteiger partial charge is 0.345 e. The summed E-state index contributed by atoms with van der Waals surface area (Å²) in [7, 11) is 0.468. The van der Waals surface area contributed by atoms with Gasteiger partial charge in [0.05, 0.1) is 12.7 Å². The fourth-order valence-electron chi connectivity index (χ4n) is 1.93. The summed E-state index contributed by atoms with van der Waals surface area (Å²) < 4.78 is 4.80. The zero-order valence-corrected chi connectivity index (χ0v) is 13.2. The normalized spacial score (nSPS) is 18.2. The molecule has 0 N–H and O–H groups in total. The van der Waals surface area contributed by atoms with E-state index in [0.717, 1.165) is 10.5 Å². The van der Waals surface area contributed by atoms with Crippen molar-refractivity contribution in [1.29, 1.82) is 5.26 Å². The van der Waals surface area contributed by atoms with Crippen LogP contribution in [-0.2, 0) is 30.2 Å². The highest BCUT2D eigenvalue weighted by Crippen LogP contribution is 2.39. The summed E-state index contributed by atoms with van der Waals surface area (Å²) >= 11 is 11.2. The van der Waals surface area contributed by atoms with Crippen molar-refractivity contribution in [1.82, 2.24) is 0 Å². The SMILES string of the molecule is COC(=O)C1=C(c2ccc(Cl)cc2)C(C#N)=C(C)S1=S. The summed E-state index contributed by atoms with van der Waals surface area (Å²) in [6.45, 7) is 1.78. The van der Waals surface area contributed by atoms with Crippen LogP contribution in [0.15, 0.2) is 39.6 Å². The third-order valence-corrected chi connectivity index (χ3v) is 5.91. The van der Waals surface area contributed by atoms with Crippen LogP contribution in [-0.4, -0.2) is 13.1 Å². The van der Waals surface area contributed by atoms with Gasteiger partial charge < -0.3 is 4.74 Å². The highest BCUT2D eigenvalue weighted by molar-refractivity contribution is 8.34. The van der Waals surface area contributed by atoms with E-state index >= 15 is 0 Å². The lowest BCUT2D eigenvalue weighted by molar-refractivity contribution is -0.135. The Morgan fingerprint density at radius 3 is 2.50 bits per heavy atom. The Morgan fingerprint density at radius 2 is 2.00 bits per heavy atom. The molecule has 20 heavy (non-hydrogen) atoms. The average Bonchev–Trinajstić information content (AvgIpc) is 2.71. The molecule has 1 aromatic carbocycles. The van der Waals surface area contributed by atoms with Crippen molar-refractivity contribution in [3.63, 3.8) is 0 Å². The van der Waals surface area contributed by atoms with Crippen LogP contribution in [0.2, 0.25) is 5.02 Å². The number of nitriles is 1. The van der Waals surface area contributed by atoms with Gasteiger partial charge in [0.15, 0.2) is 0 Å². The van der Waals surface area contributed by atoms with Crippen molar-refractivity contribution in [3.05, 3.63) is 50.2 Å². The Hall–Kier alpha value is -1.48. The van der Waals surface area contributed by atoms with E-state index in [2.05, 4.69) is 6.07 Å². The minimum atomic E-state index is -0.839. The fraction of sp³-hybridized carbons (Fsp3) is 0.143. The van der Waals surface area contributed by atoms with Gasteiger partial charge in [-0.05, 0) is 35.8 Å². The molecule has 2 rings (SSSR count). The zero-order valence-electron chi connectivity index (χ0n) is 10.8. The second kappa shape index (κ2) is 5.88. The van der Waals surface area contributed by atoms with Gasteiger partial charge in [0.1, 0.15) is 11.0 Å². The lowest BCUT2D eigenvalue weighted by Gasteiger charge is -2.07. The van der Waals surface area contributed by atoms with E-state index < -0.39 is 15.4 Å². The van der Waals surface area contributed by atoms with Gasteiger partial charge >= 0.3 is 5.97 Å². The van der Waals surface area contributed by atoms with Crippen molar-refractivity contribution < 1.29 is 9.53 Å². The number of carbonyl (C=O) groups is 1. The van der Waals surface area contributed by atoms with E-state index in [0.29, 0.717) is 21.1 Å². The molecular formula is C14H10ClNO2S2. The first-order valence-electron chi connectivity index (χ1n) is 5.63. The lowest BCUT2D eigenvalue weighted by Crippen LogP contribution is -2.08. The van der Waals surface area contributed by atoms with Crippen LogP contribution in [0.5, 0.6) is 0 Å². The highest BCUT2D eigenvalue weighted by atomic mass is 35.5. The van der Waals surface area contributed by atoms with E-state index in [9.17, 15) is 10.1 Å². The van der Waals surface area contributed by atoms with Crippen molar-refractivity contribution in [2.45, 2.75) is 6.92 Å². The summed E-state index contributed by atoms with van der Waals surface area (Å²) in [5.74, 6) is -0.488. The maximum atomic E-state index is 12.0. The Morgan fingerprint density at radius 1 is 1.40 bits per heavy atom. The third-order valence-electron chi connectivity index (χ3n) is 2.91. The van der Waals surface area contributed by atoms with E-state index in [1.165, 1.54) is 7.11 Å². The van der Waals surface area contributed by atoms with Crippen LogP contribution in [0.25, 0.3) is 5.57 Å². The molecule has 0 spiro atoms. The maximum absolute atomic E-state index is 12.0. The first-order valence-corrected chi connectivity index (χ1v) is 8.15. The van der Waals surface area contributed by atoms with Gasteiger partial charge in [-0.15, -0.1) is 0 Å². The number of ether oxygens (including phenoxy) is 1. The molecule has 1 unspecified atom stereocenters. The van der Waals surface area contributed by atoms with Crippen molar-refractivity contribution in [2.75, 3.05) is 7.11 Å². The van der Waals surface area contributed by atoms with E-state index in [4.69, 9.17) is 27.5 Å². The zero-order chi connectivity index (χ0) is 14.9. The van der Waals surface area contributed by atoms with Gasteiger partial charge in [0.25, 0.3) is 0 Å². The van der Waals surface area contributed by atoms with Crippen LogP contribution in [0.3, 0.4) is 0 Å². The minimum Gasteiger partial charge on any atom is -0.465 e. The molecule has 0 radical (unpaired) electrons. The highest BCUT2D eigenvalue weighted by Gasteiger charge is 2.32. The van der Waals surface area contributed by atoms with Crippen LogP contribution in [0.4, 0.5) is 0 Å². The molecule has 0 saturated carbocycles. The largest absolute Gasteiger partial charge is 0.465 e. The topological polar surface area (TPSA) is 50.1 Å². The van der Waals surface area contributed by atoms with Crippen LogP contribution >= 0.6 is 11.6 Å². The van der Waals surface area contributed by atoms with Gasteiger partial charge in [-0.1, -0.05) is 33.2 Å². The van der Waals surface area contributed by atoms with Crippen LogP contribution < -0.4 is 0 Å². The molecule has 1 atom stereocenters. The Bertz CT molecular complexity index is 712. The third kappa shape index (κ3) is 2.42. The van der Waals surface area contributed by atoms with Crippen molar-refractivity contribution in [3.8, 4) is 6.07 Å². The molecular weight excluding hydrogens is 314 g/mol. The van der Waals surface area contributed by atoms with Gasteiger partial charge in [-0.25, -0.2) is 4.79 Å². The lowest BCUT2D eigenvalue weighted by atomic mass is 9.98. The molecule has 0 saturated heterocycles. The maximum Gasteiger partial charge on any atom is 0.345 e. The molecule has 0 aromatic heterocycles. The predicted octanol–water partition coefficient (Wildman–Crippen LogP) is 3.12. The number of halogens is 1. The number of allylic oxidation sites excluding steroid dienone is 3. The molecule has 1 aliphatic heterocycles. The van der Waals surface area contributed by atoms with Gasteiger partial charge in [0, 0.05) is 15.5 Å². The summed E-state index contributed by atoms with van der Waals surface area (Å²) in [6, 6.07) is 9.09. The summed E-state index contributed by atoms with van der Waals surface area (Å²) in [4.78, 5) is 13.1. The second-order valence-electron chi connectivity index (χ2n) is 4.01. The monoisotopic (exact) mass is 323 g/mol. The standard InChI is InChI=1S/C14H10ClNO2S2/c1-8-11(7-16)12(9-3-5-10(15)6-4-9)13(20(8)19)14(17)18-2/h3-6H,1-2H3. The molecule has 3 nitrogen and oxygen atoms in total. The number of nitrogens with zero attached hydrogens (tertiary/aromatic N) is 1. The molecule has 1 aliphatic rings. The summed E-state index contributed by atoms with van der Waals surface area (Å²) in [6.07, 6.45) is 0. The minimum absolute atomic E-state index is 0.374. The molecule has 1 aromatic rings. The van der Waals surface area contributed by atoms with Gasteiger partial charge in [0.2, 0.25) is 0 Å². The molecule has 0 fully saturated rings. The molecule has 102 valence electrons. The van der Waals surface area contributed by atoms with Gasteiger partial charge in [-0.3, -0.25) is 0 Å². The molecule has 0 amide bonds. The number of rotatable bonds is 2. The second-order valence-corrected chi connectivity index (χ2v) is 7.01. The van der Waals surface area contributed by atoms with Crippen molar-refractivity contribution in [2.24, 2.45) is 0 Å². The Labute approximate surface area is 129 Å². The average molecular weight is 324 g/mol. The predicted molar refractivity (Wildman–Crippen MR) is 83.4 cm³/mol. The van der Waals surface area contributed by atoms with Gasteiger partial charge in [-0.2, -0.15) is 5.26 Å². The Kier molecular flexibility index (Phi) is 4.39. The van der Waals surface area contributed by atoms with Crippen LogP contribution in [0.1, 0.15) is 12.5 Å². The van der Waals surface area contributed by atoms with Crippen LogP contribution in [0, 0.1) is 11.3 Å². The number of methoxy groups -OCH3 is 1. The fourth-order valence-corrected chi connectivity index (χ4v) is 4.03. The quantitative estimate of drug-likeness (QED) is 0.785. The molecule has 0 bridgehead atoms. The number of hydrogen-bond donors (Lipinski definition) is 0. The molecule has 6 heteroatoms. The first kappa shape index (κ1) is 14.9. The summed E-state index contributed by atoms with van der Waals surface area (Å²) in [5.41, 5.74) is 1.75. The number of benzene rings is 1. The van der Waals surface area contributed by atoms with E-state index in [-0.39, 0.29) is 0 Å². The first-order chi connectivity index (χ1) is 9.51. The molecule has 1 heterocycles. The van der Waals surface area contributed by atoms with Crippen molar-refractivity contribution >= 4 is 43.8 Å². The number of hydrogen-bond acceptors (Lipinski definition) is 4. The summed E-state index contributed by atoms with van der Waals surface area (Å²) in [5, 5.41) is 9.94. The van der Waals surface area contributed by atoms with E-state index in [1.54, 1.807) is 31.2 Å².